The lowest BCUT2D eigenvalue weighted by molar-refractivity contribution is -0.385. The lowest BCUT2D eigenvalue weighted by atomic mass is 10.0. The molecule has 0 N–H and O–H groups in total. The summed E-state index contributed by atoms with van der Waals surface area (Å²) in [6.45, 7) is 0.0663. The monoisotopic (exact) mass is 338 g/mol. The Morgan fingerprint density at radius 1 is 1.39 bits per heavy atom. The molecule has 0 aromatic heterocycles. The number of nitro benzene ring substituents is 1. The van der Waals surface area contributed by atoms with E-state index in [2.05, 4.69) is 9.98 Å². The van der Waals surface area contributed by atoms with Crippen LogP contribution >= 0.6 is 0 Å². The van der Waals surface area contributed by atoms with Crippen LogP contribution in [0.2, 0.25) is 0 Å². The highest BCUT2D eigenvalue weighted by atomic mass is 32.2. The molecule has 1 aromatic rings. The van der Waals surface area contributed by atoms with Gasteiger partial charge in [0.15, 0.2) is 5.84 Å². The Kier molecular flexibility index (Phi) is 3.74. The van der Waals surface area contributed by atoms with Gasteiger partial charge in [0, 0.05) is 31.9 Å². The maximum Gasteiger partial charge on any atom is 0.275 e. The first-order chi connectivity index (χ1) is 10.8. The van der Waals surface area contributed by atoms with Crippen molar-refractivity contribution < 1.29 is 18.1 Å². The standard InChI is InChI=1S/C13H14N4O5S/c1-16(2)23(20,21)11-6-14-13(15-11)12-8-4-3-5-10(17(18)19)9(8)7-22-12/h3-6,11-12H,7H2,1-2H3. The third kappa shape index (κ3) is 2.54. The minimum atomic E-state index is -3.61. The van der Waals surface area contributed by atoms with E-state index in [1.807, 2.05) is 0 Å². The van der Waals surface area contributed by atoms with Crippen LogP contribution in [0.4, 0.5) is 5.69 Å². The zero-order chi connectivity index (χ0) is 16.8. The molecule has 2 aliphatic rings. The second kappa shape index (κ2) is 5.48. The molecule has 10 heteroatoms. The van der Waals surface area contributed by atoms with E-state index < -0.39 is 26.4 Å². The van der Waals surface area contributed by atoms with Crippen LogP contribution in [0.15, 0.2) is 28.2 Å². The van der Waals surface area contributed by atoms with Gasteiger partial charge in [-0.3, -0.25) is 10.1 Å². The van der Waals surface area contributed by atoms with Crippen LogP contribution in [0.25, 0.3) is 0 Å². The molecule has 0 amide bonds. The van der Waals surface area contributed by atoms with Gasteiger partial charge in [0.25, 0.3) is 5.69 Å². The zero-order valence-electron chi connectivity index (χ0n) is 12.4. The first-order valence-corrected chi connectivity index (χ1v) is 8.23. The molecule has 0 spiro atoms. The molecule has 0 saturated heterocycles. The van der Waals surface area contributed by atoms with Crippen molar-refractivity contribution in [3.05, 3.63) is 39.4 Å². The van der Waals surface area contributed by atoms with Crippen molar-refractivity contribution in [1.29, 1.82) is 0 Å². The van der Waals surface area contributed by atoms with E-state index in [1.165, 1.54) is 26.4 Å². The highest BCUT2D eigenvalue weighted by Crippen LogP contribution is 2.38. The van der Waals surface area contributed by atoms with Crippen LogP contribution in [-0.2, 0) is 21.4 Å². The van der Waals surface area contributed by atoms with Gasteiger partial charge in [-0.15, -0.1) is 0 Å². The van der Waals surface area contributed by atoms with E-state index in [1.54, 1.807) is 12.1 Å². The lowest BCUT2D eigenvalue weighted by Gasteiger charge is -2.13. The summed E-state index contributed by atoms with van der Waals surface area (Å²) in [7, 11) is -0.769. The molecule has 2 heterocycles. The molecule has 2 aliphatic heterocycles. The number of nitrogens with zero attached hydrogens (tertiary/aromatic N) is 4. The summed E-state index contributed by atoms with van der Waals surface area (Å²) in [5.74, 6) is 0.208. The number of rotatable bonds is 4. The van der Waals surface area contributed by atoms with E-state index in [4.69, 9.17) is 4.74 Å². The maximum absolute atomic E-state index is 12.1. The average molecular weight is 338 g/mol. The molecule has 9 nitrogen and oxygen atoms in total. The summed E-state index contributed by atoms with van der Waals surface area (Å²) >= 11 is 0. The summed E-state index contributed by atoms with van der Waals surface area (Å²) in [5, 5.41) is 9.95. The molecule has 3 rings (SSSR count). The van der Waals surface area contributed by atoms with Gasteiger partial charge in [0.1, 0.15) is 6.10 Å². The molecule has 0 saturated carbocycles. The number of hydrogen-bond donors (Lipinski definition) is 0. The van der Waals surface area contributed by atoms with Crippen molar-refractivity contribution in [2.45, 2.75) is 18.1 Å². The number of aliphatic imine (C=N–C) groups is 2. The highest BCUT2D eigenvalue weighted by Gasteiger charge is 2.37. The summed E-state index contributed by atoms with van der Waals surface area (Å²) in [6, 6.07) is 4.67. The average Bonchev–Trinajstić information content (AvgIpc) is 3.12. The van der Waals surface area contributed by atoms with Crippen LogP contribution in [0.5, 0.6) is 0 Å². The zero-order valence-corrected chi connectivity index (χ0v) is 13.2. The molecule has 0 bridgehead atoms. The Balaban J connectivity index is 1.95. The van der Waals surface area contributed by atoms with E-state index in [9.17, 15) is 18.5 Å². The fourth-order valence-corrected chi connectivity index (χ4v) is 3.36. The molecule has 0 fully saturated rings. The van der Waals surface area contributed by atoms with Crippen LogP contribution < -0.4 is 0 Å². The van der Waals surface area contributed by atoms with E-state index in [0.29, 0.717) is 11.1 Å². The normalized spacial score (nSPS) is 23.2. The Bertz CT molecular complexity index is 831. The molecular formula is C13H14N4O5S. The molecule has 0 radical (unpaired) electrons. The van der Waals surface area contributed by atoms with Crippen molar-refractivity contribution in [2.75, 3.05) is 14.1 Å². The third-order valence-electron chi connectivity index (χ3n) is 3.70. The van der Waals surface area contributed by atoms with Crippen molar-refractivity contribution in [1.82, 2.24) is 4.31 Å². The van der Waals surface area contributed by atoms with E-state index >= 15 is 0 Å². The second-order valence-electron chi connectivity index (χ2n) is 5.28. The van der Waals surface area contributed by atoms with Crippen LogP contribution in [0.3, 0.4) is 0 Å². The largest absolute Gasteiger partial charge is 0.360 e. The summed E-state index contributed by atoms with van der Waals surface area (Å²) < 4.78 is 30.8. The van der Waals surface area contributed by atoms with Gasteiger partial charge in [0.2, 0.25) is 15.4 Å². The second-order valence-corrected chi connectivity index (χ2v) is 7.52. The van der Waals surface area contributed by atoms with Gasteiger partial charge in [-0.1, -0.05) is 12.1 Å². The molecular weight excluding hydrogens is 324 g/mol. The lowest BCUT2D eigenvalue weighted by Crippen LogP contribution is -2.32. The van der Waals surface area contributed by atoms with Crippen molar-refractivity contribution >= 4 is 27.8 Å². The SMILES string of the molecule is CN(C)S(=O)(=O)C1C=NC(C2OCc3c2cccc3[N+](=O)[O-])=N1. The van der Waals surface area contributed by atoms with E-state index in [0.717, 1.165) is 4.31 Å². The Morgan fingerprint density at radius 2 is 2.13 bits per heavy atom. The van der Waals surface area contributed by atoms with Gasteiger partial charge in [-0.2, -0.15) is 0 Å². The summed E-state index contributed by atoms with van der Waals surface area (Å²) in [4.78, 5) is 18.7. The molecule has 1 aromatic carbocycles. The number of fused-ring (bicyclic) bond motifs is 1. The number of sulfonamides is 1. The van der Waals surface area contributed by atoms with Gasteiger partial charge >= 0.3 is 0 Å². The minimum absolute atomic E-state index is 0.0231. The number of ether oxygens (including phenoxy) is 1. The topological polar surface area (TPSA) is 114 Å². The summed E-state index contributed by atoms with van der Waals surface area (Å²) in [6.07, 6.45) is 0.548. The predicted octanol–water partition coefficient (Wildman–Crippen LogP) is 0.867. The molecule has 2 unspecified atom stereocenters. The van der Waals surface area contributed by atoms with Crippen LogP contribution in [0.1, 0.15) is 17.2 Å². The number of nitro groups is 1. The minimum Gasteiger partial charge on any atom is -0.360 e. The Labute approximate surface area is 132 Å². The van der Waals surface area contributed by atoms with E-state index in [-0.39, 0.29) is 18.1 Å². The Hall–Kier alpha value is -2.17. The number of benzene rings is 1. The first kappa shape index (κ1) is 15.7. The van der Waals surface area contributed by atoms with Gasteiger partial charge in [-0.05, 0) is 0 Å². The smallest absolute Gasteiger partial charge is 0.275 e. The summed E-state index contributed by atoms with van der Waals surface area (Å²) in [5.41, 5.74) is 1.04. The van der Waals surface area contributed by atoms with Crippen LogP contribution in [-0.4, -0.2) is 49.2 Å². The number of hydrogen-bond acceptors (Lipinski definition) is 7. The van der Waals surface area contributed by atoms with Crippen molar-refractivity contribution in [3.63, 3.8) is 0 Å². The maximum atomic E-state index is 12.1. The van der Waals surface area contributed by atoms with Gasteiger partial charge in [0.05, 0.1) is 17.1 Å². The van der Waals surface area contributed by atoms with Crippen molar-refractivity contribution in [2.24, 2.45) is 9.98 Å². The molecule has 0 aliphatic carbocycles. The van der Waals surface area contributed by atoms with Crippen molar-refractivity contribution in [3.8, 4) is 0 Å². The fraction of sp³-hybridized carbons (Fsp3) is 0.385. The highest BCUT2D eigenvalue weighted by molar-refractivity contribution is 7.90. The molecule has 23 heavy (non-hydrogen) atoms. The fourth-order valence-electron chi connectivity index (χ4n) is 2.47. The molecule has 2 atom stereocenters. The first-order valence-electron chi connectivity index (χ1n) is 6.73. The molecule has 122 valence electrons. The van der Waals surface area contributed by atoms with Crippen LogP contribution in [0, 0.1) is 10.1 Å². The Morgan fingerprint density at radius 3 is 2.78 bits per heavy atom. The predicted molar refractivity (Wildman–Crippen MR) is 82.9 cm³/mol. The van der Waals surface area contributed by atoms with Gasteiger partial charge < -0.3 is 4.74 Å². The number of amidine groups is 1. The third-order valence-corrected chi connectivity index (χ3v) is 5.56. The quantitative estimate of drug-likeness (QED) is 0.597. The van der Waals surface area contributed by atoms with Gasteiger partial charge in [-0.25, -0.2) is 22.7 Å².